The van der Waals surface area contributed by atoms with Crippen molar-refractivity contribution < 1.29 is 4.79 Å². The second kappa shape index (κ2) is 8.02. The van der Waals surface area contributed by atoms with E-state index in [1.54, 1.807) is 0 Å². The first-order valence-corrected chi connectivity index (χ1v) is 8.60. The van der Waals surface area contributed by atoms with Crippen LogP contribution >= 0.6 is 0 Å². The molecule has 0 aromatic carbocycles. The van der Waals surface area contributed by atoms with E-state index < -0.39 is 0 Å². The molecule has 0 spiro atoms. The maximum atomic E-state index is 12.7. The third-order valence-electron chi connectivity index (χ3n) is 4.75. The van der Waals surface area contributed by atoms with E-state index in [0.29, 0.717) is 11.9 Å². The van der Waals surface area contributed by atoms with Crippen LogP contribution < -0.4 is 5.32 Å². The molecule has 1 rings (SSSR count). The summed E-state index contributed by atoms with van der Waals surface area (Å²) in [6, 6.07) is 0.358. The lowest BCUT2D eigenvalue weighted by atomic mass is 9.98. The predicted molar refractivity (Wildman–Crippen MR) is 85.6 cm³/mol. The first-order chi connectivity index (χ1) is 9.50. The molecule has 0 bridgehead atoms. The van der Waals surface area contributed by atoms with Gasteiger partial charge in [-0.2, -0.15) is 0 Å². The van der Waals surface area contributed by atoms with Crippen LogP contribution in [0.1, 0.15) is 86.0 Å². The average Bonchev–Trinajstić information content (AvgIpc) is 2.68. The van der Waals surface area contributed by atoms with Crippen molar-refractivity contribution in [1.82, 2.24) is 10.2 Å². The van der Waals surface area contributed by atoms with Gasteiger partial charge in [-0.3, -0.25) is 10.1 Å². The Kier molecular flexibility index (Phi) is 7.01. The van der Waals surface area contributed by atoms with Crippen LogP contribution in [-0.4, -0.2) is 28.6 Å². The van der Waals surface area contributed by atoms with Crippen LogP contribution in [0.25, 0.3) is 0 Å². The van der Waals surface area contributed by atoms with Crippen molar-refractivity contribution in [3.63, 3.8) is 0 Å². The minimum atomic E-state index is -0.350. The number of hydrogen-bond donors (Lipinski definition) is 1. The Balaban J connectivity index is 2.65. The summed E-state index contributed by atoms with van der Waals surface area (Å²) in [5.74, 6) is 0.307. The lowest BCUT2D eigenvalue weighted by Gasteiger charge is -2.30. The van der Waals surface area contributed by atoms with Crippen molar-refractivity contribution in [2.75, 3.05) is 0 Å². The second-order valence-corrected chi connectivity index (χ2v) is 6.55. The van der Waals surface area contributed by atoms with E-state index in [-0.39, 0.29) is 11.7 Å². The molecule has 1 fully saturated rings. The van der Waals surface area contributed by atoms with Gasteiger partial charge >= 0.3 is 0 Å². The van der Waals surface area contributed by atoms with Crippen molar-refractivity contribution in [3.05, 3.63) is 0 Å². The highest BCUT2D eigenvalue weighted by Gasteiger charge is 2.47. The third-order valence-corrected chi connectivity index (χ3v) is 4.75. The number of nitrogens with zero attached hydrogens (tertiary/aromatic N) is 1. The standard InChI is InChI=1S/C17H34N2O/c1-6-9-10-11-13-14(4)19-15(12-7-2)18-17(5,8-3)16(19)20/h14-15,18H,6-13H2,1-5H3. The van der Waals surface area contributed by atoms with E-state index in [2.05, 4.69) is 44.8 Å². The highest BCUT2D eigenvalue weighted by Crippen LogP contribution is 2.29. The van der Waals surface area contributed by atoms with E-state index in [0.717, 1.165) is 25.7 Å². The van der Waals surface area contributed by atoms with Gasteiger partial charge in [0.05, 0.1) is 11.7 Å². The first-order valence-electron chi connectivity index (χ1n) is 8.60. The first kappa shape index (κ1) is 17.5. The van der Waals surface area contributed by atoms with Crippen LogP contribution in [0.15, 0.2) is 0 Å². The van der Waals surface area contributed by atoms with Gasteiger partial charge in [0.2, 0.25) is 5.91 Å². The van der Waals surface area contributed by atoms with Crippen LogP contribution in [0.4, 0.5) is 0 Å². The minimum absolute atomic E-state index is 0.235. The lowest BCUT2D eigenvalue weighted by molar-refractivity contribution is -0.135. The molecule has 3 heteroatoms. The molecule has 20 heavy (non-hydrogen) atoms. The molecule has 0 aliphatic carbocycles. The number of unbranched alkanes of at least 4 members (excludes halogenated alkanes) is 3. The van der Waals surface area contributed by atoms with E-state index >= 15 is 0 Å². The van der Waals surface area contributed by atoms with Gasteiger partial charge in [-0.25, -0.2) is 0 Å². The van der Waals surface area contributed by atoms with Crippen molar-refractivity contribution in [1.29, 1.82) is 0 Å². The molecule has 1 amide bonds. The van der Waals surface area contributed by atoms with Crippen molar-refractivity contribution in [3.8, 4) is 0 Å². The summed E-state index contributed by atoms with van der Waals surface area (Å²) in [4.78, 5) is 14.9. The summed E-state index contributed by atoms with van der Waals surface area (Å²) in [5.41, 5.74) is -0.350. The van der Waals surface area contributed by atoms with Gasteiger partial charge in [0.25, 0.3) is 0 Å². The smallest absolute Gasteiger partial charge is 0.244 e. The van der Waals surface area contributed by atoms with Crippen LogP contribution in [0.2, 0.25) is 0 Å². The SMILES string of the molecule is CCCCCCC(C)N1C(=O)C(C)(CC)NC1CCC. The molecule has 0 radical (unpaired) electrons. The number of rotatable bonds is 9. The molecule has 0 aromatic heterocycles. The molecule has 0 saturated carbocycles. The van der Waals surface area contributed by atoms with Gasteiger partial charge < -0.3 is 4.90 Å². The molecule has 1 heterocycles. The van der Waals surface area contributed by atoms with Gasteiger partial charge in [-0.05, 0) is 33.1 Å². The topological polar surface area (TPSA) is 32.3 Å². The zero-order valence-corrected chi connectivity index (χ0v) is 14.2. The molecule has 1 aliphatic rings. The van der Waals surface area contributed by atoms with Crippen LogP contribution in [-0.2, 0) is 4.79 Å². The van der Waals surface area contributed by atoms with Gasteiger partial charge in [-0.1, -0.05) is 52.9 Å². The minimum Gasteiger partial charge on any atom is -0.323 e. The summed E-state index contributed by atoms with van der Waals surface area (Å²) in [6.45, 7) is 10.8. The fourth-order valence-corrected chi connectivity index (χ4v) is 3.18. The Bertz CT molecular complexity index is 305. The largest absolute Gasteiger partial charge is 0.323 e. The highest BCUT2D eigenvalue weighted by molar-refractivity contribution is 5.88. The van der Waals surface area contributed by atoms with Gasteiger partial charge in [0, 0.05) is 6.04 Å². The third kappa shape index (κ3) is 3.97. The Morgan fingerprint density at radius 3 is 2.45 bits per heavy atom. The zero-order valence-electron chi connectivity index (χ0n) is 14.2. The van der Waals surface area contributed by atoms with E-state index in [1.807, 2.05) is 0 Å². The Hall–Kier alpha value is -0.570. The Labute approximate surface area is 125 Å². The van der Waals surface area contributed by atoms with E-state index in [1.165, 1.54) is 25.7 Å². The maximum Gasteiger partial charge on any atom is 0.244 e. The summed E-state index contributed by atoms with van der Waals surface area (Å²) < 4.78 is 0. The van der Waals surface area contributed by atoms with Crippen molar-refractivity contribution in [2.45, 2.75) is 104 Å². The lowest BCUT2D eigenvalue weighted by Crippen LogP contribution is -2.44. The highest BCUT2D eigenvalue weighted by atomic mass is 16.2. The molecule has 3 nitrogen and oxygen atoms in total. The van der Waals surface area contributed by atoms with Gasteiger partial charge in [-0.15, -0.1) is 0 Å². The van der Waals surface area contributed by atoms with Gasteiger partial charge in [0.1, 0.15) is 0 Å². The molecule has 3 unspecified atom stereocenters. The zero-order chi connectivity index (χ0) is 15.2. The molecule has 1 N–H and O–H groups in total. The summed E-state index contributed by atoms with van der Waals surface area (Å²) in [6.07, 6.45) is 9.51. The number of nitrogens with one attached hydrogen (secondary N) is 1. The molecule has 1 aliphatic heterocycles. The second-order valence-electron chi connectivity index (χ2n) is 6.55. The molecule has 0 aromatic rings. The Morgan fingerprint density at radius 1 is 1.20 bits per heavy atom. The molecular weight excluding hydrogens is 248 g/mol. The number of carbonyl (C=O) groups excluding carboxylic acids is 1. The predicted octanol–water partition coefficient (Wildman–Crippen LogP) is 4.07. The number of hydrogen-bond acceptors (Lipinski definition) is 2. The molecule has 118 valence electrons. The summed E-state index contributed by atoms with van der Waals surface area (Å²) in [7, 11) is 0. The Morgan fingerprint density at radius 2 is 1.90 bits per heavy atom. The number of amides is 1. The van der Waals surface area contributed by atoms with E-state index in [9.17, 15) is 4.79 Å². The monoisotopic (exact) mass is 282 g/mol. The quantitative estimate of drug-likeness (QED) is 0.646. The van der Waals surface area contributed by atoms with E-state index in [4.69, 9.17) is 0 Å². The van der Waals surface area contributed by atoms with Crippen LogP contribution in [0, 0.1) is 0 Å². The molecular formula is C17H34N2O. The van der Waals surface area contributed by atoms with Crippen molar-refractivity contribution in [2.24, 2.45) is 0 Å². The van der Waals surface area contributed by atoms with Gasteiger partial charge in [0.15, 0.2) is 0 Å². The molecule has 3 atom stereocenters. The number of carbonyl (C=O) groups is 1. The fourth-order valence-electron chi connectivity index (χ4n) is 3.18. The fraction of sp³-hybridized carbons (Fsp3) is 0.941. The van der Waals surface area contributed by atoms with Crippen LogP contribution in [0.3, 0.4) is 0 Å². The normalized spacial score (nSPS) is 28.1. The van der Waals surface area contributed by atoms with Crippen LogP contribution in [0.5, 0.6) is 0 Å². The molecule has 1 saturated heterocycles. The van der Waals surface area contributed by atoms with Crippen molar-refractivity contribution >= 4 is 5.91 Å². The summed E-state index contributed by atoms with van der Waals surface area (Å²) >= 11 is 0. The maximum absolute atomic E-state index is 12.7. The average molecular weight is 282 g/mol. The summed E-state index contributed by atoms with van der Waals surface area (Å²) in [5, 5.41) is 3.58.